The average Bonchev–Trinajstić information content (AvgIpc) is 2.40. The van der Waals surface area contributed by atoms with Crippen LogP contribution in [0.2, 0.25) is 0 Å². The highest BCUT2D eigenvalue weighted by Crippen LogP contribution is 2.18. The van der Waals surface area contributed by atoms with Crippen LogP contribution in [0.4, 0.5) is 5.82 Å². The molecular formula is C14H23N3O. The van der Waals surface area contributed by atoms with E-state index in [1.165, 1.54) is 12.8 Å². The summed E-state index contributed by atoms with van der Waals surface area (Å²) in [6, 6.07) is 6.22. The third-order valence-corrected chi connectivity index (χ3v) is 3.41. The van der Waals surface area contributed by atoms with Crippen LogP contribution in [-0.2, 0) is 11.3 Å². The number of hydrogen-bond donors (Lipinski definition) is 1. The van der Waals surface area contributed by atoms with Crippen molar-refractivity contribution in [3.05, 3.63) is 23.9 Å². The maximum atomic E-state index is 5.40. The van der Waals surface area contributed by atoms with Crippen molar-refractivity contribution >= 4 is 5.82 Å². The summed E-state index contributed by atoms with van der Waals surface area (Å²) in [6.45, 7) is 3.70. The maximum Gasteiger partial charge on any atom is 0.128 e. The SMILES string of the molecule is CNCc1cccc(N(C)CC2CCOCC2)n1. The Kier molecular flexibility index (Phi) is 4.96. The highest BCUT2D eigenvalue weighted by Gasteiger charge is 2.16. The van der Waals surface area contributed by atoms with Gasteiger partial charge in [-0.05, 0) is 37.9 Å². The monoisotopic (exact) mass is 249 g/mol. The van der Waals surface area contributed by atoms with Crippen molar-refractivity contribution in [2.45, 2.75) is 19.4 Å². The van der Waals surface area contributed by atoms with E-state index in [2.05, 4.69) is 40.4 Å². The van der Waals surface area contributed by atoms with E-state index >= 15 is 0 Å². The summed E-state index contributed by atoms with van der Waals surface area (Å²) < 4.78 is 5.40. The standard InChI is InChI=1S/C14H23N3O/c1-15-10-13-4-3-5-14(16-13)17(2)11-12-6-8-18-9-7-12/h3-5,12,15H,6-11H2,1-2H3. The zero-order valence-electron chi connectivity index (χ0n) is 11.4. The average molecular weight is 249 g/mol. The smallest absolute Gasteiger partial charge is 0.128 e. The molecule has 2 rings (SSSR count). The Bertz CT molecular complexity index is 364. The summed E-state index contributed by atoms with van der Waals surface area (Å²) in [6.07, 6.45) is 2.33. The highest BCUT2D eigenvalue weighted by molar-refractivity contribution is 5.38. The Labute approximate surface area is 109 Å². The number of pyridine rings is 1. The molecule has 0 amide bonds. The van der Waals surface area contributed by atoms with Gasteiger partial charge in [0.1, 0.15) is 5.82 Å². The molecule has 1 fully saturated rings. The summed E-state index contributed by atoms with van der Waals surface area (Å²) in [7, 11) is 4.07. The second kappa shape index (κ2) is 6.71. The van der Waals surface area contributed by atoms with Crippen LogP contribution in [0.1, 0.15) is 18.5 Å². The van der Waals surface area contributed by atoms with Gasteiger partial charge >= 0.3 is 0 Å². The lowest BCUT2D eigenvalue weighted by Crippen LogP contribution is -2.30. The molecule has 0 radical (unpaired) electrons. The summed E-state index contributed by atoms with van der Waals surface area (Å²) >= 11 is 0. The summed E-state index contributed by atoms with van der Waals surface area (Å²) in [4.78, 5) is 6.92. The molecule has 1 N–H and O–H groups in total. The molecule has 0 saturated carbocycles. The molecule has 0 aliphatic carbocycles. The van der Waals surface area contributed by atoms with Gasteiger partial charge in [0.2, 0.25) is 0 Å². The van der Waals surface area contributed by atoms with Crippen molar-refractivity contribution in [1.82, 2.24) is 10.3 Å². The zero-order valence-corrected chi connectivity index (χ0v) is 11.4. The molecule has 100 valence electrons. The summed E-state index contributed by atoms with van der Waals surface area (Å²) in [5.41, 5.74) is 1.09. The van der Waals surface area contributed by atoms with Crippen molar-refractivity contribution in [1.29, 1.82) is 0 Å². The predicted molar refractivity (Wildman–Crippen MR) is 73.8 cm³/mol. The third kappa shape index (κ3) is 3.68. The van der Waals surface area contributed by atoms with Crippen molar-refractivity contribution in [3.8, 4) is 0 Å². The number of ether oxygens (including phenoxy) is 1. The minimum Gasteiger partial charge on any atom is -0.381 e. The number of anilines is 1. The van der Waals surface area contributed by atoms with Crippen LogP contribution in [0.25, 0.3) is 0 Å². The lowest BCUT2D eigenvalue weighted by Gasteiger charge is -2.28. The Morgan fingerprint density at radius 2 is 2.17 bits per heavy atom. The summed E-state index contributed by atoms with van der Waals surface area (Å²) in [5.74, 6) is 1.80. The van der Waals surface area contributed by atoms with Gasteiger partial charge in [-0.3, -0.25) is 0 Å². The van der Waals surface area contributed by atoms with Gasteiger partial charge in [0.05, 0.1) is 5.69 Å². The molecule has 0 aromatic carbocycles. The van der Waals surface area contributed by atoms with E-state index in [0.29, 0.717) is 0 Å². The Morgan fingerprint density at radius 1 is 1.39 bits per heavy atom. The van der Waals surface area contributed by atoms with Crippen LogP contribution in [0.3, 0.4) is 0 Å². The van der Waals surface area contributed by atoms with Crippen molar-refractivity contribution in [3.63, 3.8) is 0 Å². The molecule has 1 saturated heterocycles. The second-order valence-corrected chi connectivity index (χ2v) is 4.95. The van der Waals surface area contributed by atoms with Crippen LogP contribution in [0.5, 0.6) is 0 Å². The fraction of sp³-hybridized carbons (Fsp3) is 0.643. The number of aromatic nitrogens is 1. The van der Waals surface area contributed by atoms with Crippen LogP contribution in [-0.4, -0.2) is 38.8 Å². The fourth-order valence-electron chi connectivity index (χ4n) is 2.37. The van der Waals surface area contributed by atoms with E-state index in [-0.39, 0.29) is 0 Å². The quantitative estimate of drug-likeness (QED) is 0.861. The molecule has 0 bridgehead atoms. The molecule has 1 aliphatic rings. The molecule has 0 unspecified atom stereocenters. The molecule has 4 heteroatoms. The van der Waals surface area contributed by atoms with Crippen molar-refractivity contribution < 1.29 is 4.74 Å². The highest BCUT2D eigenvalue weighted by atomic mass is 16.5. The van der Waals surface area contributed by atoms with Gasteiger partial charge < -0.3 is 15.0 Å². The molecule has 1 aromatic heterocycles. The molecule has 0 spiro atoms. The Hall–Kier alpha value is -1.13. The van der Waals surface area contributed by atoms with Gasteiger partial charge in [-0.25, -0.2) is 4.98 Å². The normalized spacial score (nSPS) is 16.8. The first kappa shape index (κ1) is 13.3. The molecule has 1 aliphatic heterocycles. The van der Waals surface area contributed by atoms with Gasteiger partial charge in [0.25, 0.3) is 0 Å². The van der Waals surface area contributed by atoms with Crippen molar-refractivity contribution in [2.24, 2.45) is 5.92 Å². The molecule has 1 aromatic rings. The van der Waals surface area contributed by atoms with Gasteiger partial charge in [-0.2, -0.15) is 0 Å². The van der Waals surface area contributed by atoms with Gasteiger partial charge in [0.15, 0.2) is 0 Å². The number of nitrogens with zero attached hydrogens (tertiary/aromatic N) is 2. The first-order chi connectivity index (χ1) is 8.79. The van der Waals surface area contributed by atoms with E-state index in [4.69, 9.17) is 4.74 Å². The topological polar surface area (TPSA) is 37.4 Å². The van der Waals surface area contributed by atoms with Gasteiger partial charge in [-0.15, -0.1) is 0 Å². The minimum atomic E-state index is 0.735. The lowest BCUT2D eigenvalue weighted by molar-refractivity contribution is 0.0685. The second-order valence-electron chi connectivity index (χ2n) is 4.95. The van der Waals surface area contributed by atoms with Crippen LogP contribution in [0, 0.1) is 5.92 Å². The Morgan fingerprint density at radius 3 is 2.89 bits per heavy atom. The van der Waals surface area contributed by atoms with Gasteiger partial charge in [0, 0.05) is 33.4 Å². The third-order valence-electron chi connectivity index (χ3n) is 3.41. The summed E-state index contributed by atoms with van der Waals surface area (Å²) in [5, 5.41) is 3.13. The van der Waals surface area contributed by atoms with Crippen LogP contribution >= 0.6 is 0 Å². The van der Waals surface area contributed by atoms with Crippen molar-refractivity contribution in [2.75, 3.05) is 38.8 Å². The Balaban J connectivity index is 1.94. The lowest BCUT2D eigenvalue weighted by atomic mass is 10.00. The molecule has 4 nitrogen and oxygen atoms in total. The fourth-order valence-corrected chi connectivity index (χ4v) is 2.37. The zero-order chi connectivity index (χ0) is 12.8. The van der Waals surface area contributed by atoms with E-state index in [9.17, 15) is 0 Å². The van der Waals surface area contributed by atoms with E-state index < -0.39 is 0 Å². The van der Waals surface area contributed by atoms with Crippen LogP contribution in [0.15, 0.2) is 18.2 Å². The minimum absolute atomic E-state index is 0.735. The molecular weight excluding hydrogens is 226 g/mol. The number of hydrogen-bond acceptors (Lipinski definition) is 4. The van der Waals surface area contributed by atoms with E-state index in [0.717, 1.165) is 43.7 Å². The molecule has 18 heavy (non-hydrogen) atoms. The van der Waals surface area contributed by atoms with Gasteiger partial charge in [-0.1, -0.05) is 6.07 Å². The maximum absolute atomic E-state index is 5.40. The molecule has 0 atom stereocenters. The molecule has 2 heterocycles. The largest absolute Gasteiger partial charge is 0.381 e. The number of rotatable bonds is 5. The van der Waals surface area contributed by atoms with E-state index in [1.807, 2.05) is 7.05 Å². The first-order valence-electron chi connectivity index (χ1n) is 6.69. The van der Waals surface area contributed by atoms with Crippen LogP contribution < -0.4 is 10.2 Å². The van der Waals surface area contributed by atoms with E-state index in [1.54, 1.807) is 0 Å². The predicted octanol–water partition coefficient (Wildman–Crippen LogP) is 1.66. The number of nitrogens with one attached hydrogen (secondary N) is 1. The first-order valence-corrected chi connectivity index (χ1v) is 6.69.